The Morgan fingerprint density at radius 3 is 2.23 bits per heavy atom. The van der Waals surface area contributed by atoms with Crippen molar-refractivity contribution in [2.75, 3.05) is 0 Å². The van der Waals surface area contributed by atoms with Gasteiger partial charge >= 0.3 is 0 Å². The molecule has 0 atom stereocenters. The fourth-order valence-corrected chi connectivity index (χ4v) is 1.96. The number of rotatable bonds is 2. The predicted octanol–water partition coefficient (Wildman–Crippen LogP) is 1.43. The zero-order chi connectivity index (χ0) is 9.90. The van der Waals surface area contributed by atoms with Crippen LogP contribution in [0.2, 0.25) is 5.02 Å². The Morgan fingerprint density at radius 2 is 1.77 bits per heavy atom. The maximum atomic E-state index is 11.1. The van der Waals surface area contributed by atoms with Gasteiger partial charge in [-0.25, -0.2) is 0 Å². The van der Waals surface area contributed by atoms with Gasteiger partial charge in [0.15, 0.2) is 0 Å². The van der Waals surface area contributed by atoms with E-state index in [-0.39, 0.29) is 16.4 Å². The highest BCUT2D eigenvalue weighted by Crippen LogP contribution is 2.15. The van der Waals surface area contributed by atoms with Gasteiger partial charge in [-0.2, -0.15) is 12.6 Å². The lowest BCUT2D eigenvalue weighted by molar-refractivity contribution is 0.598. The predicted molar refractivity (Wildman–Crippen MR) is 49.2 cm³/mol. The van der Waals surface area contributed by atoms with Crippen LogP contribution in [-0.2, 0) is 21.5 Å². The maximum absolute atomic E-state index is 11.1. The molecule has 0 heterocycles. The number of hydrogen-bond acceptors (Lipinski definition) is 3. The minimum atomic E-state index is -3.81. The van der Waals surface area contributed by atoms with Gasteiger partial charge in [-0.1, -0.05) is 15.4 Å². The molecule has 4 nitrogen and oxygen atoms in total. The first-order valence-electron chi connectivity index (χ1n) is 3.08. The monoisotopic (exact) mass is 237 g/mol. The molecular weight excluding hydrogens is 234 g/mol. The quantitative estimate of drug-likeness (QED) is 0.782. The molecule has 0 saturated heterocycles. The standard InChI is InChI=1S/C6H4ClNO3S2/c7-5-1-3-6(4-2-5)13(10,11)8-12-9/h1-4H. The molecule has 7 heteroatoms. The minimum Gasteiger partial charge on any atom is -0.198 e. The van der Waals surface area contributed by atoms with Gasteiger partial charge < -0.3 is 0 Å². The Labute approximate surface area is 83.8 Å². The van der Waals surface area contributed by atoms with Crippen LogP contribution in [0.25, 0.3) is 0 Å². The second-order valence-electron chi connectivity index (χ2n) is 2.08. The number of nitrogens with zero attached hydrogens (tertiary/aromatic N) is 1. The summed E-state index contributed by atoms with van der Waals surface area (Å²) in [5, 5.41) is 0.425. The van der Waals surface area contributed by atoms with Gasteiger partial charge in [-0.3, -0.25) is 0 Å². The summed E-state index contributed by atoms with van der Waals surface area (Å²) in [7, 11) is -3.81. The van der Waals surface area contributed by atoms with Crippen LogP contribution in [0, 0.1) is 0 Å². The van der Waals surface area contributed by atoms with E-state index in [2.05, 4.69) is 3.77 Å². The summed E-state index contributed by atoms with van der Waals surface area (Å²) in [5.74, 6) is 0. The summed E-state index contributed by atoms with van der Waals surface area (Å²) in [6.45, 7) is 0. The third kappa shape index (κ3) is 2.61. The minimum absolute atomic E-state index is 0.0414. The highest BCUT2D eigenvalue weighted by atomic mass is 35.5. The molecule has 0 aromatic heterocycles. The fourth-order valence-electron chi connectivity index (χ4n) is 0.690. The molecule has 1 aromatic carbocycles. The second-order valence-corrected chi connectivity index (χ2v) is 4.68. The smallest absolute Gasteiger partial charge is 0.198 e. The largest absolute Gasteiger partial charge is 0.294 e. The molecule has 0 fully saturated rings. The van der Waals surface area contributed by atoms with Crippen LogP contribution in [0.4, 0.5) is 0 Å². The Bertz CT molecular complexity index is 447. The summed E-state index contributed by atoms with van der Waals surface area (Å²) in [4.78, 5) is -0.0414. The molecule has 0 radical (unpaired) electrons. The summed E-state index contributed by atoms with van der Waals surface area (Å²) >= 11 is 5.21. The first kappa shape index (κ1) is 10.4. The van der Waals surface area contributed by atoms with Crippen molar-refractivity contribution in [1.29, 1.82) is 0 Å². The van der Waals surface area contributed by atoms with Gasteiger partial charge in [0.1, 0.15) is 0 Å². The molecule has 70 valence electrons. The van der Waals surface area contributed by atoms with E-state index in [4.69, 9.17) is 11.6 Å². The Balaban J connectivity index is 3.24. The number of benzene rings is 1. The zero-order valence-electron chi connectivity index (χ0n) is 6.18. The number of halogens is 1. The average Bonchev–Trinajstić information content (AvgIpc) is 2.05. The molecule has 0 aliphatic heterocycles. The van der Waals surface area contributed by atoms with Crippen LogP contribution in [0.3, 0.4) is 0 Å². The van der Waals surface area contributed by atoms with Crippen molar-refractivity contribution in [3.63, 3.8) is 0 Å². The molecule has 0 N–H and O–H groups in total. The normalized spacial score (nSPS) is 10.8. The van der Waals surface area contributed by atoms with Crippen molar-refractivity contribution in [1.82, 2.24) is 0 Å². The van der Waals surface area contributed by atoms with Crippen molar-refractivity contribution in [2.45, 2.75) is 4.90 Å². The average molecular weight is 238 g/mol. The fraction of sp³-hybridized carbons (Fsp3) is 0. The summed E-state index contributed by atoms with van der Waals surface area (Å²) < 4.78 is 35.0. The van der Waals surface area contributed by atoms with E-state index in [9.17, 15) is 12.6 Å². The molecule has 0 aliphatic carbocycles. The maximum Gasteiger partial charge on any atom is 0.294 e. The SMILES string of the molecule is O=S=NS(=O)(=O)c1ccc(Cl)cc1. The molecule has 0 bridgehead atoms. The second kappa shape index (κ2) is 3.99. The molecule has 13 heavy (non-hydrogen) atoms. The van der Waals surface area contributed by atoms with Crippen LogP contribution in [0.15, 0.2) is 32.9 Å². The molecule has 1 rings (SSSR count). The van der Waals surface area contributed by atoms with E-state index in [0.29, 0.717) is 5.02 Å². The van der Waals surface area contributed by atoms with E-state index in [1.54, 1.807) is 0 Å². The summed E-state index contributed by atoms with van der Waals surface area (Å²) in [5.41, 5.74) is 0. The van der Waals surface area contributed by atoms with E-state index < -0.39 is 10.0 Å². The Morgan fingerprint density at radius 1 is 1.23 bits per heavy atom. The van der Waals surface area contributed by atoms with Crippen molar-refractivity contribution in [3.8, 4) is 0 Å². The lowest BCUT2D eigenvalue weighted by Crippen LogP contribution is -1.94. The van der Waals surface area contributed by atoms with Crippen LogP contribution >= 0.6 is 11.6 Å². The van der Waals surface area contributed by atoms with Gasteiger partial charge in [0, 0.05) is 5.02 Å². The van der Waals surface area contributed by atoms with Gasteiger partial charge in [-0.05, 0) is 24.3 Å². The molecule has 0 unspecified atom stereocenters. The van der Waals surface area contributed by atoms with Crippen molar-refractivity contribution < 1.29 is 12.6 Å². The Hall–Kier alpha value is -0.720. The molecular formula is C6H4ClNO3S2. The third-order valence-electron chi connectivity index (χ3n) is 1.24. The van der Waals surface area contributed by atoms with Crippen molar-refractivity contribution >= 4 is 33.1 Å². The number of sulfonamides is 1. The van der Waals surface area contributed by atoms with Crippen LogP contribution < -0.4 is 0 Å². The first-order chi connectivity index (χ1) is 6.06. The van der Waals surface area contributed by atoms with Crippen LogP contribution in [0.1, 0.15) is 0 Å². The van der Waals surface area contributed by atoms with Crippen LogP contribution in [-0.4, -0.2) is 12.6 Å². The van der Waals surface area contributed by atoms with E-state index in [0.717, 1.165) is 0 Å². The highest BCUT2D eigenvalue weighted by Gasteiger charge is 2.11. The van der Waals surface area contributed by atoms with Crippen LogP contribution in [0.5, 0.6) is 0 Å². The van der Waals surface area contributed by atoms with Gasteiger partial charge in [0.05, 0.1) is 4.90 Å². The van der Waals surface area contributed by atoms with E-state index in [1.165, 1.54) is 24.3 Å². The third-order valence-corrected chi connectivity index (χ3v) is 3.39. The zero-order valence-corrected chi connectivity index (χ0v) is 8.56. The van der Waals surface area contributed by atoms with Gasteiger partial charge in [0.2, 0.25) is 11.5 Å². The summed E-state index contributed by atoms with van der Waals surface area (Å²) in [6, 6.07) is 5.41. The van der Waals surface area contributed by atoms with Crippen molar-refractivity contribution in [2.24, 2.45) is 3.77 Å². The molecule has 0 aliphatic rings. The number of hydrogen-bond donors (Lipinski definition) is 0. The molecule has 0 amide bonds. The molecule has 0 spiro atoms. The summed E-state index contributed by atoms with van der Waals surface area (Å²) in [6.07, 6.45) is 0. The molecule has 1 aromatic rings. The lowest BCUT2D eigenvalue weighted by Gasteiger charge is -1.94. The molecule has 0 saturated carbocycles. The Kier molecular flexibility index (Phi) is 3.18. The van der Waals surface area contributed by atoms with Crippen molar-refractivity contribution in [3.05, 3.63) is 29.3 Å². The van der Waals surface area contributed by atoms with E-state index in [1.807, 2.05) is 0 Å². The topological polar surface area (TPSA) is 63.6 Å². The highest BCUT2D eigenvalue weighted by molar-refractivity contribution is 7.93. The lowest BCUT2D eigenvalue weighted by atomic mass is 10.4. The van der Waals surface area contributed by atoms with Gasteiger partial charge in [0.25, 0.3) is 10.0 Å². The van der Waals surface area contributed by atoms with Gasteiger partial charge in [-0.15, -0.1) is 0 Å². The van der Waals surface area contributed by atoms with E-state index >= 15 is 0 Å². The first-order valence-corrected chi connectivity index (χ1v) is 5.60.